The number of hydrogen-bond donors (Lipinski definition) is 0. The van der Waals surface area contributed by atoms with Crippen molar-refractivity contribution in [2.75, 3.05) is 0 Å². The Balaban J connectivity index is 1.92. The van der Waals surface area contributed by atoms with E-state index in [0.29, 0.717) is 11.1 Å². The third-order valence-electron chi connectivity index (χ3n) is 3.88. The molecule has 0 bridgehead atoms. The van der Waals surface area contributed by atoms with E-state index in [4.69, 9.17) is 24.4 Å². The van der Waals surface area contributed by atoms with E-state index in [1.165, 1.54) is 17.7 Å². The summed E-state index contributed by atoms with van der Waals surface area (Å²) in [6, 6.07) is 7.91. The third kappa shape index (κ3) is 2.27. The first-order valence-electron chi connectivity index (χ1n) is 6.96. The van der Waals surface area contributed by atoms with Gasteiger partial charge < -0.3 is 0 Å². The first-order valence-corrected chi connectivity index (χ1v) is 8.15. The maximum Gasteiger partial charge on any atom is 0.141 e. The Morgan fingerprint density at radius 2 is 1.90 bits per heavy atom. The minimum Gasteiger partial charge on any atom is -0.222 e. The number of benzene rings is 1. The van der Waals surface area contributed by atoms with Crippen LogP contribution in [0.15, 0.2) is 24.3 Å². The Morgan fingerprint density at radius 1 is 1.19 bits per heavy atom. The van der Waals surface area contributed by atoms with Crippen molar-refractivity contribution in [3.05, 3.63) is 40.8 Å². The maximum absolute atomic E-state index is 6.40. The molecule has 3 aromatic rings. The predicted octanol–water partition coefficient (Wildman–Crippen LogP) is 3.99. The number of aromatic nitrogens is 2. The molecule has 1 aliphatic carbocycles. The van der Waals surface area contributed by atoms with Crippen LogP contribution >= 0.6 is 22.9 Å². The SMILES string of the molecule is [B]c1ccc(-c2sc3nc(C4CC4)nc(Cl)c3c2C)cc1. The van der Waals surface area contributed by atoms with Crippen molar-refractivity contribution in [2.45, 2.75) is 25.7 Å². The van der Waals surface area contributed by atoms with Crippen LogP contribution < -0.4 is 5.46 Å². The number of aryl methyl sites for hydroxylation is 1. The normalized spacial score (nSPS) is 14.8. The summed E-state index contributed by atoms with van der Waals surface area (Å²) in [6.07, 6.45) is 2.36. The molecular weight excluding hydrogens is 299 g/mol. The molecule has 1 aliphatic rings. The van der Waals surface area contributed by atoms with E-state index >= 15 is 0 Å². The average Bonchev–Trinajstić information content (AvgIpc) is 3.25. The first-order chi connectivity index (χ1) is 10.1. The number of fused-ring (bicyclic) bond motifs is 1. The van der Waals surface area contributed by atoms with E-state index in [9.17, 15) is 0 Å². The Hall–Kier alpha value is -1.39. The van der Waals surface area contributed by atoms with E-state index in [1.807, 2.05) is 24.3 Å². The van der Waals surface area contributed by atoms with Crippen molar-refractivity contribution < 1.29 is 0 Å². The minimum atomic E-state index is 0.509. The van der Waals surface area contributed by atoms with Gasteiger partial charge in [-0.1, -0.05) is 41.3 Å². The van der Waals surface area contributed by atoms with Gasteiger partial charge in [-0.15, -0.1) is 11.3 Å². The lowest BCUT2D eigenvalue weighted by molar-refractivity contribution is 0.951. The fourth-order valence-corrected chi connectivity index (χ4v) is 4.11. The first kappa shape index (κ1) is 13.3. The van der Waals surface area contributed by atoms with Gasteiger partial charge in [0, 0.05) is 10.8 Å². The molecule has 102 valence electrons. The summed E-state index contributed by atoms with van der Waals surface area (Å²) in [6.45, 7) is 2.08. The van der Waals surface area contributed by atoms with Crippen LogP contribution in [0.5, 0.6) is 0 Å². The lowest BCUT2D eigenvalue weighted by atomic mass is 9.94. The van der Waals surface area contributed by atoms with Crippen LogP contribution in [0.3, 0.4) is 0 Å². The van der Waals surface area contributed by atoms with Gasteiger partial charge in [-0.05, 0) is 30.9 Å². The van der Waals surface area contributed by atoms with Crippen molar-refractivity contribution in [1.82, 2.24) is 9.97 Å². The van der Waals surface area contributed by atoms with Crippen LogP contribution in [0.1, 0.15) is 30.1 Å². The summed E-state index contributed by atoms with van der Waals surface area (Å²) in [5, 5.41) is 1.57. The molecule has 1 fully saturated rings. The molecule has 0 aliphatic heterocycles. The van der Waals surface area contributed by atoms with Gasteiger partial charge in [0.25, 0.3) is 0 Å². The number of halogens is 1. The second-order valence-corrected chi connectivity index (χ2v) is 6.86. The standard InChI is InChI=1S/C16H12BClN2S/c1-8-12-14(18)19-15(10-2-3-10)20-16(12)21-13(8)9-4-6-11(17)7-5-9/h4-7,10H,2-3H2,1H3. The summed E-state index contributed by atoms with van der Waals surface area (Å²) >= 11 is 8.08. The molecule has 0 saturated heterocycles. The predicted molar refractivity (Wildman–Crippen MR) is 90.0 cm³/mol. The van der Waals surface area contributed by atoms with Crippen molar-refractivity contribution in [3.8, 4) is 10.4 Å². The van der Waals surface area contributed by atoms with Gasteiger partial charge >= 0.3 is 0 Å². The summed E-state index contributed by atoms with van der Waals surface area (Å²) in [5.74, 6) is 1.41. The molecule has 1 aromatic carbocycles. The fourth-order valence-electron chi connectivity index (χ4n) is 2.54. The van der Waals surface area contributed by atoms with Crippen molar-refractivity contribution in [1.29, 1.82) is 0 Å². The second kappa shape index (κ2) is 4.82. The molecule has 2 nitrogen and oxygen atoms in total. The van der Waals surface area contributed by atoms with Crippen molar-refractivity contribution in [2.24, 2.45) is 0 Å². The molecule has 1 saturated carbocycles. The van der Waals surface area contributed by atoms with E-state index in [1.54, 1.807) is 11.3 Å². The highest BCUT2D eigenvalue weighted by atomic mass is 35.5. The maximum atomic E-state index is 6.40. The molecular formula is C16H12BClN2S. The fraction of sp³-hybridized carbons (Fsp3) is 0.250. The number of rotatable bonds is 2. The Kier molecular flexibility index (Phi) is 3.05. The summed E-state index contributed by atoms with van der Waals surface area (Å²) in [4.78, 5) is 11.4. The average molecular weight is 311 g/mol. The van der Waals surface area contributed by atoms with Gasteiger partial charge in [0.05, 0.1) is 5.39 Å². The minimum absolute atomic E-state index is 0.509. The summed E-state index contributed by atoms with van der Waals surface area (Å²) in [5.41, 5.74) is 3.06. The van der Waals surface area contributed by atoms with E-state index in [2.05, 4.69) is 11.9 Å². The highest BCUT2D eigenvalue weighted by Gasteiger charge is 2.28. The summed E-state index contributed by atoms with van der Waals surface area (Å²) in [7, 11) is 5.76. The molecule has 2 heterocycles. The van der Waals surface area contributed by atoms with Gasteiger partial charge in [-0.25, -0.2) is 9.97 Å². The van der Waals surface area contributed by atoms with Crippen molar-refractivity contribution >= 4 is 46.5 Å². The number of nitrogens with zero attached hydrogens (tertiary/aromatic N) is 2. The van der Waals surface area contributed by atoms with Crippen LogP contribution in [0.2, 0.25) is 5.15 Å². The molecule has 4 rings (SSSR count). The number of hydrogen-bond acceptors (Lipinski definition) is 3. The van der Waals surface area contributed by atoms with Crippen LogP contribution in [0, 0.1) is 6.92 Å². The summed E-state index contributed by atoms with van der Waals surface area (Å²) < 4.78 is 0. The van der Waals surface area contributed by atoms with Gasteiger partial charge in [0.1, 0.15) is 23.7 Å². The molecule has 5 heteroatoms. The van der Waals surface area contributed by atoms with Crippen molar-refractivity contribution in [3.63, 3.8) is 0 Å². The molecule has 2 aromatic heterocycles. The van der Waals surface area contributed by atoms with Gasteiger partial charge in [0.15, 0.2) is 0 Å². The zero-order valence-corrected chi connectivity index (χ0v) is 13.1. The molecule has 0 amide bonds. The van der Waals surface area contributed by atoms with Gasteiger partial charge in [-0.2, -0.15) is 0 Å². The monoisotopic (exact) mass is 310 g/mol. The van der Waals surface area contributed by atoms with E-state index in [0.717, 1.165) is 32.6 Å². The third-order valence-corrected chi connectivity index (χ3v) is 5.39. The lowest BCUT2D eigenvalue weighted by Crippen LogP contribution is -1.98. The smallest absolute Gasteiger partial charge is 0.141 e. The molecule has 21 heavy (non-hydrogen) atoms. The van der Waals surface area contributed by atoms with Crippen LogP contribution in [-0.4, -0.2) is 17.8 Å². The van der Waals surface area contributed by atoms with E-state index < -0.39 is 0 Å². The molecule has 0 N–H and O–H groups in total. The van der Waals surface area contributed by atoms with Gasteiger partial charge in [-0.3, -0.25) is 0 Å². The Morgan fingerprint density at radius 3 is 2.57 bits per heavy atom. The zero-order valence-electron chi connectivity index (χ0n) is 11.6. The second-order valence-electron chi connectivity index (χ2n) is 5.51. The quantitative estimate of drug-likeness (QED) is 0.528. The molecule has 2 radical (unpaired) electrons. The zero-order chi connectivity index (χ0) is 14.6. The van der Waals surface area contributed by atoms with Crippen LogP contribution in [0.4, 0.5) is 0 Å². The van der Waals surface area contributed by atoms with Crippen LogP contribution in [-0.2, 0) is 0 Å². The van der Waals surface area contributed by atoms with Crippen LogP contribution in [0.25, 0.3) is 20.7 Å². The topological polar surface area (TPSA) is 25.8 Å². The molecule has 0 spiro atoms. The highest BCUT2D eigenvalue weighted by Crippen LogP contribution is 2.43. The lowest BCUT2D eigenvalue weighted by Gasteiger charge is -2.01. The van der Waals surface area contributed by atoms with E-state index in [-0.39, 0.29) is 0 Å². The Bertz CT molecular complexity index is 838. The van der Waals surface area contributed by atoms with Gasteiger partial charge in [0.2, 0.25) is 0 Å². The molecule has 0 unspecified atom stereocenters. The largest absolute Gasteiger partial charge is 0.222 e. The molecule has 0 atom stereocenters. The Labute approximate surface area is 133 Å². The highest BCUT2D eigenvalue weighted by molar-refractivity contribution is 7.22. The number of thiophene rings is 1.